The van der Waals surface area contributed by atoms with Crippen molar-refractivity contribution in [2.45, 2.75) is 33.1 Å². The van der Waals surface area contributed by atoms with Crippen molar-refractivity contribution in [1.82, 2.24) is 10.3 Å². The van der Waals surface area contributed by atoms with Crippen molar-refractivity contribution in [3.63, 3.8) is 0 Å². The highest BCUT2D eigenvalue weighted by molar-refractivity contribution is 5.93. The second kappa shape index (κ2) is 11.4. The summed E-state index contributed by atoms with van der Waals surface area (Å²) < 4.78 is 5.13. The van der Waals surface area contributed by atoms with Crippen LogP contribution < -0.4 is 16.0 Å². The zero-order valence-corrected chi connectivity index (χ0v) is 16.7. The highest BCUT2D eigenvalue weighted by Crippen LogP contribution is 2.11. The van der Waals surface area contributed by atoms with Gasteiger partial charge in [-0.15, -0.1) is 0 Å². The van der Waals surface area contributed by atoms with E-state index in [1.54, 1.807) is 36.5 Å². The molecule has 8 heteroatoms. The van der Waals surface area contributed by atoms with Gasteiger partial charge in [0.05, 0.1) is 12.2 Å². The van der Waals surface area contributed by atoms with E-state index in [4.69, 9.17) is 4.74 Å². The predicted octanol–water partition coefficient (Wildman–Crippen LogP) is 3.50. The van der Waals surface area contributed by atoms with Crippen LogP contribution in [0.2, 0.25) is 0 Å². The van der Waals surface area contributed by atoms with E-state index in [1.807, 2.05) is 19.9 Å². The molecule has 1 heterocycles. The second-order valence-electron chi connectivity index (χ2n) is 6.47. The monoisotopic (exact) mass is 398 g/mol. The summed E-state index contributed by atoms with van der Waals surface area (Å²) >= 11 is 0. The number of aromatic nitrogens is 1. The molecule has 1 aromatic carbocycles. The number of anilines is 2. The van der Waals surface area contributed by atoms with Gasteiger partial charge in [-0.2, -0.15) is 0 Å². The van der Waals surface area contributed by atoms with Gasteiger partial charge in [0.1, 0.15) is 5.82 Å². The molecule has 1 aromatic heterocycles. The minimum atomic E-state index is -0.440. The molecule has 0 spiro atoms. The maximum atomic E-state index is 11.9. The Bertz CT molecular complexity index is 820. The molecule has 154 valence electrons. The Kier molecular flexibility index (Phi) is 8.62. The molecular weight excluding hydrogens is 372 g/mol. The molecule has 0 bridgehead atoms. The molecule has 0 saturated carbocycles. The molecule has 3 N–H and O–H groups in total. The van der Waals surface area contributed by atoms with Crippen LogP contribution in [-0.2, 0) is 9.53 Å². The van der Waals surface area contributed by atoms with E-state index in [-0.39, 0.29) is 24.8 Å². The quantitative estimate of drug-likeness (QED) is 0.442. The van der Waals surface area contributed by atoms with E-state index in [2.05, 4.69) is 20.9 Å². The van der Waals surface area contributed by atoms with Gasteiger partial charge in [0, 0.05) is 24.8 Å². The van der Waals surface area contributed by atoms with Gasteiger partial charge >= 0.3 is 12.0 Å². The molecule has 0 fully saturated rings. The fourth-order valence-corrected chi connectivity index (χ4v) is 2.29. The largest absolute Gasteiger partial charge is 0.462 e. The Balaban J connectivity index is 1.70. The third-order valence-corrected chi connectivity index (χ3v) is 3.93. The number of carbonyl (C=O) groups is 3. The van der Waals surface area contributed by atoms with Crippen molar-refractivity contribution >= 4 is 29.4 Å². The highest BCUT2D eigenvalue weighted by atomic mass is 16.5. The molecule has 0 radical (unpaired) electrons. The van der Waals surface area contributed by atoms with Gasteiger partial charge in [-0.05, 0) is 49.2 Å². The molecule has 0 unspecified atom stereocenters. The lowest BCUT2D eigenvalue weighted by Crippen LogP contribution is -2.31. The first kappa shape index (κ1) is 21.9. The summed E-state index contributed by atoms with van der Waals surface area (Å²) in [6.07, 6.45) is 3.56. The van der Waals surface area contributed by atoms with Crippen LogP contribution in [0.5, 0.6) is 0 Å². The van der Waals surface area contributed by atoms with Crippen molar-refractivity contribution < 1.29 is 19.1 Å². The van der Waals surface area contributed by atoms with Crippen LogP contribution >= 0.6 is 0 Å². The summed E-state index contributed by atoms with van der Waals surface area (Å²) in [5.74, 6) is -0.158. The van der Waals surface area contributed by atoms with Crippen molar-refractivity contribution in [3.05, 3.63) is 53.7 Å². The smallest absolute Gasteiger partial charge is 0.338 e. The molecule has 0 saturated heterocycles. The molecule has 0 atom stereocenters. The number of rotatable bonds is 9. The van der Waals surface area contributed by atoms with Gasteiger partial charge in [-0.1, -0.05) is 19.4 Å². The molecule has 8 nitrogen and oxygen atoms in total. The standard InChI is InChI=1S/C21H26N4O4/c1-3-4-13-29-20(27)16-6-8-17(9-7-16)24-21(28)22-12-11-19(26)25-18-10-5-15(2)14-23-18/h5-10,14H,3-4,11-13H2,1-2H3,(H2,22,24,28)(H,23,25,26). The Morgan fingerprint density at radius 2 is 1.79 bits per heavy atom. The molecular formula is C21H26N4O4. The van der Waals surface area contributed by atoms with Crippen LogP contribution in [0.3, 0.4) is 0 Å². The summed E-state index contributed by atoms with van der Waals surface area (Å²) in [5, 5.41) is 7.91. The first-order chi connectivity index (χ1) is 14.0. The summed E-state index contributed by atoms with van der Waals surface area (Å²) in [5.41, 5.74) is 1.96. The van der Waals surface area contributed by atoms with Gasteiger partial charge in [-0.3, -0.25) is 4.79 Å². The Morgan fingerprint density at radius 1 is 1.03 bits per heavy atom. The van der Waals surface area contributed by atoms with Crippen molar-refractivity contribution in [1.29, 1.82) is 0 Å². The van der Waals surface area contributed by atoms with Gasteiger partial charge in [0.15, 0.2) is 0 Å². The summed E-state index contributed by atoms with van der Waals surface area (Å²) in [4.78, 5) is 39.7. The van der Waals surface area contributed by atoms with Gasteiger partial charge < -0.3 is 20.7 Å². The van der Waals surface area contributed by atoms with E-state index in [0.717, 1.165) is 18.4 Å². The van der Waals surface area contributed by atoms with Crippen LogP contribution in [0, 0.1) is 6.92 Å². The fourth-order valence-electron chi connectivity index (χ4n) is 2.29. The van der Waals surface area contributed by atoms with Crippen LogP contribution in [0.25, 0.3) is 0 Å². The van der Waals surface area contributed by atoms with Crippen molar-refractivity contribution in [2.75, 3.05) is 23.8 Å². The van der Waals surface area contributed by atoms with Crippen molar-refractivity contribution in [2.24, 2.45) is 0 Å². The predicted molar refractivity (Wildman–Crippen MR) is 111 cm³/mol. The zero-order valence-electron chi connectivity index (χ0n) is 16.7. The SMILES string of the molecule is CCCCOC(=O)c1ccc(NC(=O)NCCC(=O)Nc2ccc(C)cn2)cc1. The minimum Gasteiger partial charge on any atom is -0.462 e. The number of aryl methyl sites for hydroxylation is 1. The summed E-state index contributed by atoms with van der Waals surface area (Å²) in [6, 6.07) is 9.54. The number of pyridine rings is 1. The number of ether oxygens (including phenoxy) is 1. The van der Waals surface area contributed by atoms with Crippen LogP contribution in [0.1, 0.15) is 42.1 Å². The summed E-state index contributed by atoms with van der Waals surface area (Å²) in [7, 11) is 0. The molecule has 29 heavy (non-hydrogen) atoms. The number of unbranched alkanes of at least 4 members (excludes halogenated alkanes) is 1. The van der Waals surface area contributed by atoms with Crippen LogP contribution in [0.15, 0.2) is 42.6 Å². The number of amides is 3. The van der Waals surface area contributed by atoms with E-state index in [0.29, 0.717) is 23.7 Å². The number of hydrogen-bond donors (Lipinski definition) is 3. The molecule has 0 aliphatic carbocycles. The van der Waals surface area contributed by atoms with Gasteiger partial charge in [0.2, 0.25) is 5.91 Å². The number of esters is 1. The molecule has 3 amide bonds. The third kappa shape index (κ3) is 8.00. The topological polar surface area (TPSA) is 109 Å². The number of hydrogen-bond acceptors (Lipinski definition) is 5. The van der Waals surface area contributed by atoms with Gasteiger partial charge in [0.25, 0.3) is 0 Å². The first-order valence-corrected chi connectivity index (χ1v) is 9.52. The second-order valence-corrected chi connectivity index (χ2v) is 6.47. The van der Waals surface area contributed by atoms with E-state index >= 15 is 0 Å². The third-order valence-electron chi connectivity index (χ3n) is 3.93. The number of carbonyl (C=O) groups excluding carboxylic acids is 3. The highest BCUT2D eigenvalue weighted by Gasteiger charge is 2.08. The lowest BCUT2D eigenvalue weighted by atomic mass is 10.2. The van der Waals surface area contributed by atoms with Gasteiger partial charge in [-0.25, -0.2) is 14.6 Å². The normalized spacial score (nSPS) is 10.1. The van der Waals surface area contributed by atoms with Crippen LogP contribution in [0.4, 0.5) is 16.3 Å². The fraction of sp³-hybridized carbons (Fsp3) is 0.333. The number of nitrogens with zero attached hydrogens (tertiary/aromatic N) is 1. The van der Waals surface area contributed by atoms with E-state index in [1.165, 1.54) is 0 Å². The average Bonchev–Trinajstić information content (AvgIpc) is 2.70. The number of urea groups is 1. The van der Waals surface area contributed by atoms with E-state index < -0.39 is 6.03 Å². The number of nitrogens with one attached hydrogen (secondary N) is 3. The Hall–Kier alpha value is -3.42. The zero-order chi connectivity index (χ0) is 21.1. The van der Waals surface area contributed by atoms with E-state index in [9.17, 15) is 14.4 Å². The maximum Gasteiger partial charge on any atom is 0.338 e. The molecule has 0 aliphatic rings. The molecule has 2 aromatic rings. The Labute approximate surface area is 170 Å². The average molecular weight is 398 g/mol. The lowest BCUT2D eigenvalue weighted by Gasteiger charge is -2.09. The lowest BCUT2D eigenvalue weighted by molar-refractivity contribution is -0.116. The van der Waals surface area contributed by atoms with Crippen LogP contribution in [-0.4, -0.2) is 36.0 Å². The summed E-state index contributed by atoms with van der Waals surface area (Å²) in [6.45, 7) is 4.50. The molecule has 0 aliphatic heterocycles. The number of benzene rings is 1. The Morgan fingerprint density at radius 3 is 2.45 bits per heavy atom. The minimum absolute atomic E-state index is 0.117. The molecule has 2 rings (SSSR count). The van der Waals surface area contributed by atoms with Crippen molar-refractivity contribution in [3.8, 4) is 0 Å². The first-order valence-electron chi connectivity index (χ1n) is 9.52. The maximum absolute atomic E-state index is 11.9.